The largest absolute Gasteiger partial charge is 0.507 e. The van der Waals surface area contributed by atoms with E-state index >= 15 is 0 Å². The Bertz CT molecular complexity index is 1170. The number of amides is 1. The number of carbonyl (C=O) groups excluding carboxylic acids is 2. The van der Waals surface area contributed by atoms with Gasteiger partial charge in [0, 0.05) is 31.7 Å². The summed E-state index contributed by atoms with van der Waals surface area (Å²) in [6.45, 7) is 3.93. The number of aliphatic hydroxyl groups is 1. The number of nitrogens with zero attached hydrogens (tertiary/aromatic N) is 2. The molecule has 10 heteroatoms. The molecular weight excluding hydrogens is 498 g/mol. The highest BCUT2D eigenvalue weighted by molar-refractivity contribution is 6.46. The van der Waals surface area contributed by atoms with Crippen molar-refractivity contribution in [1.82, 2.24) is 9.80 Å². The topological polar surface area (TPSA) is 79.3 Å². The number of ketones is 1. The van der Waals surface area contributed by atoms with E-state index < -0.39 is 29.3 Å². The molecule has 0 aromatic heterocycles. The predicted molar refractivity (Wildman–Crippen MR) is 130 cm³/mol. The molecule has 2 aliphatic rings. The van der Waals surface area contributed by atoms with Crippen LogP contribution in [0.2, 0.25) is 10.0 Å². The fraction of sp³-hybridized carbons (Fsp3) is 0.360. The molecule has 2 aromatic carbocycles. The lowest BCUT2D eigenvalue weighted by molar-refractivity contribution is -0.140. The quantitative estimate of drug-likeness (QED) is 0.332. The molecule has 0 bridgehead atoms. The maximum atomic E-state index is 14.3. The first-order chi connectivity index (χ1) is 16.8. The van der Waals surface area contributed by atoms with Gasteiger partial charge in [-0.05, 0) is 42.3 Å². The summed E-state index contributed by atoms with van der Waals surface area (Å²) in [7, 11) is 1.32. The van der Waals surface area contributed by atoms with E-state index in [0.717, 1.165) is 25.7 Å². The Hall–Kier alpha value is -2.65. The first-order valence-corrected chi connectivity index (χ1v) is 11.9. The number of Topliss-reactive ketones (excluding diaryl/α,β-unsaturated/α-hetero) is 1. The van der Waals surface area contributed by atoms with Crippen LogP contribution >= 0.6 is 23.2 Å². The minimum atomic E-state index is -0.903. The number of rotatable bonds is 7. The number of morpholine rings is 1. The van der Waals surface area contributed by atoms with Crippen LogP contribution < -0.4 is 4.74 Å². The Labute approximate surface area is 212 Å². The van der Waals surface area contributed by atoms with Gasteiger partial charge in [0.1, 0.15) is 5.76 Å². The highest BCUT2D eigenvalue weighted by Gasteiger charge is 2.46. The Kier molecular flexibility index (Phi) is 7.96. The molecule has 35 heavy (non-hydrogen) atoms. The molecule has 2 aliphatic heterocycles. The van der Waals surface area contributed by atoms with Crippen LogP contribution in [-0.4, -0.2) is 73.1 Å². The number of methoxy groups -OCH3 is 1. The lowest BCUT2D eigenvalue weighted by atomic mass is 9.95. The normalized spacial score (nSPS) is 20.5. The van der Waals surface area contributed by atoms with Crippen molar-refractivity contribution in [3.05, 3.63) is 69.0 Å². The van der Waals surface area contributed by atoms with Gasteiger partial charge in [0.05, 0.1) is 42.0 Å². The summed E-state index contributed by atoms with van der Waals surface area (Å²) in [6, 6.07) is 7.72. The van der Waals surface area contributed by atoms with Crippen molar-refractivity contribution in [3.8, 4) is 5.75 Å². The maximum Gasteiger partial charge on any atom is 0.295 e. The van der Waals surface area contributed by atoms with Gasteiger partial charge in [-0.15, -0.1) is 0 Å². The molecule has 0 aliphatic carbocycles. The molecule has 0 saturated carbocycles. The van der Waals surface area contributed by atoms with Crippen molar-refractivity contribution in [2.24, 2.45) is 0 Å². The average Bonchev–Trinajstić information content (AvgIpc) is 3.11. The van der Waals surface area contributed by atoms with Crippen LogP contribution in [0.3, 0.4) is 0 Å². The highest BCUT2D eigenvalue weighted by atomic mass is 35.5. The molecule has 1 atom stereocenters. The van der Waals surface area contributed by atoms with Crippen molar-refractivity contribution in [1.29, 1.82) is 0 Å². The molecular formula is C25H25Cl2FN2O5. The van der Waals surface area contributed by atoms with Gasteiger partial charge in [-0.2, -0.15) is 0 Å². The third-order valence-corrected chi connectivity index (χ3v) is 6.94. The Morgan fingerprint density at radius 1 is 1.11 bits per heavy atom. The van der Waals surface area contributed by atoms with Gasteiger partial charge < -0.3 is 19.5 Å². The molecule has 4 rings (SSSR count). The summed E-state index contributed by atoms with van der Waals surface area (Å²) in [5.41, 5.74) is 0.435. The van der Waals surface area contributed by atoms with E-state index in [2.05, 4.69) is 4.90 Å². The van der Waals surface area contributed by atoms with Crippen LogP contribution in [0.25, 0.3) is 5.76 Å². The second kappa shape index (κ2) is 11.0. The minimum absolute atomic E-state index is 0.00820. The van der Waals surface area contributed by atoms with Crippen molar-refractivity contribution in [3.63, 3.8) is 0 Å². The van der Waals surface area contributed by atoms with Crippen LogP contribution in [0.4, 0.5) is 4.39 Å². The minimum Gasteiger partial charge on any atom is -0.507 e. The van der Waals surface area contributed by atoms with E-state index in [0.29, 0.717) is 30.2 Å². The van der Waals surface area contributed by atoms with Gasteiger partial charge in [-0.25, -0.2) is 4.39 Å². The highest BCUT2D eigenvalue weighted by Crippen LogP contribution is 2.41. The van der Waals surface area contributed by atoms with Crippen molar-refractivity contribution >= 4 is 40.7 Å². The van der Waals surface area contributed by atoms with Gasteiger partial charge in [-0.3, -0.25) is 14.5 Å². The maximum absolute atomic E-state index is 14.3. The summed E-state index contributed by atoms with van der Waals surface area (Å²) in [6.07, 6.45) is 0.613. The molecule has 2 aromatic rings. The molecule has 1 unspecified atom stereocenters. The van der Waals surface area contributed by atoms with Crippen LogP contribution in [0, 0.1) is 5.82 Å². The van der Waals surface area contributed by atoms with Crippen molar-refractivity contribution in [2.75, 3.05) is 46.5 Å². The van der Waals surface area contributed by atoms with E-state index in [1.165, 1.54) is 24.1 Å². The first-order valence-electron chi connectivity index (χ1n) is 11.2. The molecule has 2 saturated heterocycles. The van der Waals surface area contributed by atoms with Gasteiger partial charge in [-0.1, -0.05) is 29.3 Å². The summed E-state index contributed by atoms with van der Waals surface area (Å²) in [4.78, 5) is 29.9. The van der Waals surface area contributed by atoms with Crippen LogP contribution in [0.1, 0.15) is 23.6 Å². The van der Waals surface area contributed by atoms with Gasteiger partial charge in [0.2, 0.25) is 0 Å². The van der Waals surface area contributed by atoms with E-state index in [4.69, 9.17) is 32.7 Å². The third kappa shape index (κ3) is 5.30. The number of carbonyl (C=O) groups is 2. The van der Waals surface area contributed by atoms with Crippen molar-refractivity contribution < 1.29 is 28.6 Å². The molecule has 2 heterocycles. The smallest absolute Gasteiger partial charge is 0.295 e. The summed E-state index contributed by atoms with van der Waals surface area (Å²) in [5.74, 6) is -2.77. The summed E-state index contributed by atoms with van der Waals surface area (Å²) >= 11 is 12.3. The Morgan fingerprint density at radius 2 is 1.86 bits per heavy atom. The fourth-order valence-corrected chi connectivity index (χ4v) is 4.70. The lowest BCUT2D eigenvalue weighted by Gasteiger charge is -2.29. The zero-order chi connectivity index (χ0) is 25.1. The number of benzene rings is 2. The Morgan fingerprint density at radius 3 is 2.51 bits per heavy atom. The second-order valence-corrected chi connectivity index (χ2v) is 9.14. The molecule has 2 fully saturated rings. The molecule has 7 nitrogen and oxygen atoms in total. The monoisotopic (exact) mass is 522 g/mol. The van der Waals surface area contributed by atoms with Crippen LogP contribution in [0.15, 0.2) is 42.0 Å². The fourth-order valence-electron chi connectivity index (χ4n) is 4.40. The van der Waals surface area contributed by atoms with E-state index in [9.17, 15) is 19.1 Å². The summed E-state index contributed by atoms with van der Waals surface area (Å²) < 4.78 is 24.6. The van der Waals surface area contributed by atoms with Gasteiger partial charge in [0.25, 0.3) is 11.7 Å². The number of halogens is 3. The SMILES string of the molecule is COc1ccc(C(O)=C2C(=O)C(=O)N(CCCN3CCOCC3)C2c2ccc(Cl)c(Cl)c2)cc1F. The molecule has 186 valence electrons. The zero-order valence-corrected chi connectivity index (χ0v) is 20.6. The van der Waals surface area contributed by atoms with Crippen molar-refractivity contribution in [2.45, 2.75) is 12.5 Å². The molecule has 1 amide bonds. The standard InChI is InChI=1S/C25H25Cl2FN2O5/c1-34-20-6-4-16(14-19(20)28)23(31)21-22(15-3-5-17(26)18(27)13-15)30(25(33)24(21)32)8-2-7-29-9-11-35-12-10-29/h3-6,13-14,22,31H,2,7-12H2,1H3. The van der Waals surface area contributed by atoms with Crippen LogP contribution in [-0.2, 0) is 14.3 Å². The lowest BCUT2D eigenvalue weighted by Crippen LogP contribution is -2.38. The van der Waals surface area contributed by atoms with Gasteiger partial charge in [0.15, 0.2) is 11.6 Å². The number of hydrogen-bond donors (Lipinski definition) is 1. The van der Waals surface area contributed by atoms with E-state index in [-0.39, 0.29) is 28.5 Å². The first kappa shape index (κ1) is 25.4. The second-order valence-electron chi connectivity index (χ2n) is 8.32. The Balaban J connectivity index is 1.71. The predicted octanol–water partition coefficient (Wildman–Crippen LogP) is 4.29. The van der Waals surface area contributed by atoms with E-state index in [1.807, 2.05) is 0 Å². The van der Waals surface area contributed by atoms with Crippen LogP contribution in [0.5, 0.6) is 5.75 Å². The zero-order valence-electron chi connectivity index (χ0n) is 19.1. The van der Waals surface area contributed by atoms with Gasteiger partial charge >= 0.3 is 0 Å². The third-order valence-electron chi connectivity index (χ3n) is 6.20. The summed E-state index contributed by atoms with van der Waals surface area (Å²) in [5, 5.41) is 11.7. The molecule has 1 N–H and O–H groups in total. The number of ether oxygens (including phenoxy) is 2. The number of aliphatic hydroxyl groups excluding tert-OH is 1. The molecule has 0 radical (unpaired) electrons. The average molecular weight is 523 g/mol. The molecule has 0 spiro atoms. The van der Waals surface area contributed by atoms with E-state index in [1.54, 1.807) is 18.2 Å². The number of likely N-dealkylation sites (tertiary alicyclic amines) is 1. The number of hydrogen-bond acceptors (Lipinski definition) is 6.